The maximum absolute atomic E-state index is 6.33. The van der Waals surface area contributed by atoms with Crippen molar-refractivity contribution in [3.63, 3.8) is 0 Å². The molecular formula is C15H23Cl2N3O. The molecule has 1 N–H and O–H groups in total. The van der Waals surface area contributed by atoms with Crippen molar-refractivity contribution in [3.05, 3.63) is 27.5 Å². The molecule has 1 fully saturated rings. The minimum absolute atomic E-state index is 0.502. The van der Waals surface area contributed by atoms with E-state index in [-0.39, 0.29) is 0 Å². The maximum Gasteiger partial charge on any atom is 0.135 e. The average Bonchev–Trinajstić information content (AvgIpc) is 2.92. The average molecular weight is 332 g/mol. The number of aromatic nitrogens is 1. The molecule has 2 rings (SSSR count). The number of hydrogen-bond acceptors (Lipinski definition) is 4. The first kappa shape index (κ1) is 17.0. The number of nitrogens with one attached hydrogen (secondary N) is 1. The van der Waals surface area contributed by atoms with Gasteiger partial charge in [-0.2, -0.15) is 0 Å². The summed E-state index contributed by atoms with van der Waals surface area (Å²) in [4.78, 5) is 6.64. The van der Waals surface area contributed by atoms with E-state index in [0.717, 1.165) is 30.9 Å². The Morgan fingerprint density at radius 1 is 1.48 bits per heavy atom. The van der Waals surface area contributed by atoms with E-state index >= 15 is 0 Å². The Labute approximate surface area is 136 Å². The number of aryl methyl sites for hydroxylation is 1. The molecule has 0 spiro atoms. The third kappa shape index (κ3) is 5.08. The molecule has 0 aromatic carbocycles. The zero-order valence-corrected chi connectivity index (χ0v) is 14.2. The van der Waals surface area contributed by atoms with Crippen LogP contribution in [0.4, 0.5) is 0 Å². The molecular weight excluding hydrogens is 309 g/mol. The van der Waals surface area contributed by atoms with Gasteiger partial charge in [-0.15, -0.1) is 0 Å². The third-order valence-electron chi connectivity index (χ3n) is 3.78. The van der Waals surface area contributed by atoms with E-state index in [4.69, 9.17) is 27.9 Å². The van der Waals surface area contributed by atoms with Crippen LogP contribution in [0.2, 0.25) is 10.2 Å². The highest BCUT2D eigenvalue weighted by Gasteiger charge is 2.20. The maximum atomic E-state index is 6.33. The van der Waals surface area contributed by atoms with Gasteiger partial charge < -0.3 is 10.1 Å². The first-order valence-corrected chi connectivity index (χ1v) is 8.12. The summed E-state index contributed by atoms with van der Waals surface area (Å²) in [7, 11) is 1.72. The highest BCUT2D eigenvalue weighted by atomic mass is 35.5. The Balaban J connectivity index is 2.06. The van der Waals surface area contributed by atoms with E-state index in [0.29, 0.717) is 29.4 Å². The first-order valence-electron chi connectivity index (χ1n) is 7.36. The summed E-state index contributed by atoms with van der Waals surface area (Å²) in [5.74, 6) is 0. The summed E-state index contributed by atoms with van der Waals surface area (Å²) >= 11 is 12.6. The van der Waals surface area contributed by atoms with Gasteiger partial charge in [0, 0.05) is 49.1 Å². The normalized spacial score (nSPS) is 18.6. The van der Waals surface area contributed by atoms with Crippen LogP contribution in [0.5, 0.6) is 0 Å². The van der Waals surface area contributed by atoms with Crippen LogP contribution < -0.4 is 5.32 Å². The van der Waals surface area contributed by atoms with Gasteiger partial charge in [-0.1, -0.05) is 23.2 Å². The quantitative estimate of drug-likeness (QED) is 0.779. The monoisotopic (exact) mass is 331 g/mol. The summed E-state index contributed by atoms with van der Waals surface area (Å²) in [5.41, 5.74) is 1.74. The number of rotatable bonds is 7. The molecule has 1 aromatic heterocycles. The predicted octanol–water partition coefficient (Wildman–Crippen LogP) is 2.90. The van der Waals surface area contributed by atoms with E-state index in [1.54, 1.807) is 7.11 Å². The summed E-state index contributed by atoms with van der Waals surface area (Å²) in [6, 6.07) is 2.41. The van der Waals surface area contributed by atoms with Crippen LogP contribution in [-0.4, -0.2) is 49.3 Å². The van der Waals surface area contributed by atoms with E-state index in [2.05, 4.69) is 15.2 Å². The van der Waals surface area contributed by atoms with Crippen molar-refractivity contribution in [2.75, 3.05) is 33.4 Å². The Bertz CT molecular complexity index is 441. The van der Waals surface area contributed by atoms with Crippen molar-refractivity contribution in [2.24, 2.45) is 0 Å². The number of nitrogens with zero attached hydrogens (tertiary/aromatic N) is 2. The zero-order valence-electron chi connectivity index (χ0n) is 12.7. The lowest BCUT2D eigenvalue weighted by atomic mass is 10.2. The molecule has 4 nitrogen and oxygen atoms in total. The molecule has 1 unspecified atom stereocenters. The summed E-state index contributed by atoms with van der Waals surface area (Å²) in [6.07, 6.45) is 2.47. The molecule has 0 saturated carbocycles. The standard InChI is InChI=1S/C15H23Cl2N3O/c1-11-8-14(16)13(15(17)19-11)10-20(6-7-21-2)9-12-4-3-5-18-12/h8,12,18H,3-7,9-10H2,1-2H3. The van der Waals surface area contributed by atoms with Crippen LogP contribution in [0.3, 0.4) is 0 Å². The molecule has 0 bridgehead atoms. The van der Waals surface area contributed by atoms with E-state index in [9.17, 15) is 0 Å². The first-order chi connectivity index (χ1) is 10.1. The van der Waals surface area contributed by atoms with Crippen molar-refractivity contribution in [2.45, 2.75) is 32.4 Å². The summed E-state index contributed by atoms with van der Waals surface area (Å²) in [6.45, 7) is 6.23. The molecule has 0 amide bonds. The SMILES string of the molecule is COCCN(Cc1c(Cl)cc(C)nc1Cl)CC1CCCN1. The topological polar surface area (TPSA) is 37.4 Å². The number of ether oxygens (including phenoxy) is 1. The molecule has 21 heavy (non-hydrogen) atoms. The fourth-order valence-corrected chi connectivity index (χ4v) is 3.32. The van der Waals surface area contributed by atoms with Crippen LogP contribution in [0.25, 0.3) is 0 Å². The fraction of sp³-hybridized carbons (Fsp3) is 0.667. The van der Waals surface area contributed by atoms with Crippen LogP contribution in [0.15, 0.2) is 6.07 Å². The smallest absolute Gasteiger partial charge is 0.135 e. The van der Waals surface area contributed by atoms with Gasteiger partial charge in [0.05, 0.1) is 6.61 Å². The molecule has 1 aliphatic heterocycles. The van der Waals surface area contributed by atoms with Gasteiger partial charge in [0.2, 0.25) is 0 Å². The molecule has 1 atom stereocenters. The molecule has 0 radical (unpaired) electrons. The van der Waals surface area contributed by atoms with Crippen molar-refractivity contribution >= 4 is 23.2 Å². The third-order valence-corrected chi connectivity index (χ3v) is 4.43. The van der Waals surface area contributed by atoms with Gasteiger partial charge >= 0.3 is 0 Å². The number of methoxy groups -OCH3 is 1. The molecule has 118 valence electrons. The van der Waals surface area contributed by atoms with Gasteiger partial charge in [0.25, 0.3) is 0 Å². The van der Waals surface area contributed by atoms with Gasteiger partial charge in [0.1, 0.15) is 5.15 Å². The molecule has 1 aromatic rings. The highest BCUT2D eigenvalue weighted by molar-refractivity contribution is 6.35. The summed E-state index contributed by atoms with van der Waals surface area (Å²) < 4.78 is 5.21. The second kappa shape index (κ2) is 8.30. The minimum Gasteiger partial charge on any atom is -0.383 e. The molecule has 0 aliphatic carbocycles. The summed E-state index contributed by atoms with van der Waals surface area (Å²) in [5, 5.41) is 4.71. The largest absolute Gasteiger partial charge is 0.383 e. The fourth-order valence-electron chi connectivity index (χ4n) is 2.67. The highest BCUT2D eigenvalue weighted by Crippen LogP contribution is 2.25. The van der Waals surface area contributed by atoms with Crippen LogP contribution in [0, 0.1) is 6.92 Å². The molecule has 1 saturated heterocycles. The zero-order chi connectivity index (χ0) is 15.2. The van der Waals surface area contributed by atoms with E-state index in [1.807, 2.05) is 13.0 Å². The Morgan fingerprint density at radius 3 is 2.90 bits per heavy atom. The lowest BCUT2D eigenvalue weighted by Gasteiger charge is -2.26. The van der Waals surface area contributed by atoms with Crippen molar-refractivity contribution < 1.29 is 4.74 Å². The van der Waals surface area contributed by atoms with E-state index in [1.165, 1.54) is 12.8 Å². The second-order valence-electron chi connectivity index (χ2n) is 5.54. The van der Waals surface area contributed by atoms with Crippen molar-refractivity contribution in [1.29, 1.82) is 0 Å². The van der Waals surface area contributed by atoms with Crippen molar-refractivity contribution in [1.82, 2.24) is 15.2 Å². The van der Waals surface area contributed by atoms with Gasteiger partial charge in [0.15, 0.2) is 0 Å². The van der Waals surface area contributed by atoms with Gasteiger partial charge in [-0.3, -0.25) is 4.90 Å². The molecule has 6 heteroatoms. The Morgan fingerprint density at radius 2 is 2.29 bits per heavy atom. The Kier molecular flexibility index (Phi) is 6.71. The number of pyridine rings is 1. The lowest BCUT2D eigenvalue weighted by Crippen LogP contribution is -2.39. The molecule has 2 heterocycles. The van der Waals surface area contributed by atoms with Crippen molar-refractivity contribution in [3.8, 4) is 0 Å². The van der Waals surface area contributed by atoms with Crippen LogP contribution in [-0.2, 0) is 11.3 Å². The van der Waals surface area contributed by atoms with Crippen LogP contribution >= 0.6 is 23.2 Å². The molecule has 1 aliphatic rings. The predicted molar refractivity (Wildman–Crippen MR) is 87.2 cm³/mol. The van der Waals surface area contributed by atoms with E-state index < -0.39 is 0 Å². The number of hydrogen-bond donors (Lipinski definition) is 1. The van der Waals surface area contributed by atoms with Crippen LogP contribution in [0.1, 0.15) is 24.1 Å². The lowest BCUT2D eigenvalue weighted by molar-refractivity contribution is 0.138. The second-order valence-corrected chi connectivity index (χ2v) is 6.30. The van der Waals surface area contributed by atoms with Gasteiger partial charge in [-0.05, 0) is 32.4 Å². The Hall–Kier alpha value is -0.390. The van der Waals surface area contributed by atoms with Gasteiger partial charge in [-0.25, -0.2) is 4.98 Å². The number of halogens is 2. The minimum atomic E-state index is 0.502.